The number of nitrogens with zero attached hydrogens (tertiary/aromatic N) is 1. The number of hydrogen-bond donors (Lipinski definition) is 0. The van der Waals surface area contributed by atoms with Gasteiger partial charge in [0.25, 0.3) is 0 Å². The average Bonchev–Trinajstić information content (AvgIpc) is 3.78. The Morgan fingerprint density at radius 1 is 0.264 bits per heavy atom. The van der Waals surface area contributed by atoms with Crippen LogP contribution in [0.15, 0.2) is 188 Å². The molecule has 0 aliphatic heterocycles. The smallest absolute Gasteiger partial charge is 0.0476 e. The molecule has 0 aliphatic rings. The molecule has 0 atom stereocenters. The van der Waals surface area contributed by atoms with Crippen LogP contribution in [0.5, 0.6) is 0 Å². The van der Waals surface area contributed by atoms with Crippen molar-refractivity contribution in [3.8, 4) is 22.3 Å². The molecule has 11 aromatic rings. The Balaban J connectivity index is 1.03. The number of thiophene rings is 2. The molecule has 248 valence electrons. The van der Waals surface area contributed by atoms with Crippen molar-refractivity contribution < 1.29 is 0 Å². The van der Waals surface area contributed by atoms with Gasteiger partial charge in [0, 0.05) is 57.4 Å². The van der Waals surface area contributed by atoms with Crippen LogP contribution < -0.4 is 4.90 Å². The fraction of sp³-hybridized carbons (Fsp3) is 0. The molecule has 0 fully saturated rings. The highest BCUT2D eigenvalue weighted by atomic mass is 32.1. The van der Waals surface area contributed by atoms with Crippen LogP contribution in [-0.2, 0) is 0 Å². The molecule has 0 unspecified atom stereocenters. The molecule has 0 amide bonds. The van der Waals surface area contributed by atoms with Crippen molar-refractivity contribution in [2.24, 2.45) is 0 Å². The van der Waals surface area contributed by atoms with Gasteiger partial charge in [-0.25, -0.2) is 0 Å². The van der Waals surface area contributed by atoms with Crippen molar-refractivity contribution in [2.45, 2.75) is 0 Å². The van der Waals surface area contributed by atoms with Crippen molar-refractivity contribution >= 4 is 102 Å². The first-order valence-corrected chi connectivity index (χ1v) is 19.6. The van der Waals surface area contributed by atoms with E-state index < -0.39 is 0 Å². The first-order chi connectivity index (χ1) is 26.2. The number of anilines is 3. The fourth-order valence-electron chi connectivity index (χ4n) is 8.04. The van der Waals surface area contributed by atoms with E-state index in [9.17, 15) is 0 Å². The molecular weight excluding hydrogens is 679 g/mol. The zero-order valence-electron chi connectivity index (χ0n) is 28.7. The number of rotatable bonds is 5. The second-order valence-electron chi connectivity index (χ2n) is 13.7. The molecule has 2 heterocycles. The summed E-state index contributed by atoms with van der Waals surface area (Å²) >= 11 is 3.73. The molecule has 2 aromatic heterocycles. The van der Waals surface area contributed by atoms with Crippen LogP contribution in [0.4, 0.5) is 17.1 Å². The van der Waals surface area contributed by atoms with E-state index in [1.54, 1.807) is 0 Å². The third kappa shape index (κ3) is 5.12. The van der Waals surface area contributed by atoms with Gasteiger partial charge in [-0.1, -0.05) is 127 Å². The van der Waals surface area contributed by atoms with E-state index >= 15 is 0 Å². The van der Waals surface area contributed by atoms with Crippen molar-refractivity contribution in [2.75, 3.05) is 4.90 Å². The second kappa shape index (κ2) is 12.2. The lowest BCUT2D eigenvalue weighted by Crippen LogP contribution is -2.09. The third-order valence-electron chi connectivity index (χ3n) is 10.6. The largest absolute Gasteiger partial charge is 0.310 e. The predicted molar refractivity (Wildman–Crippen MR) is 233 cm³/mol. The highest BCUT2D eigenvalue weighted by Gasteiger charge is 2.17. The molecule has 0 radical (unpaired) electrons. The summed E-state index contributed by atoms with van der Waals surface area (Å²) in [6, 6.07) is 69.3. The molecular formula is C50H31NS2. The number of hydrogen-bond acceptors (Lipinski definition) is 3. The van der Waals surface area contributed by atoms with Crippen molar-refractivity contribution in [3.63, 3.8) is 0 Å². The van der Waals surface area contributed by atoms with Crippen LogP contribution in [-0.4, -0.2) is 0 Å². The lowest BCUT2D eigenvalue weighted by atomic mass is 9.95. The van der Waals surface area contributed by atoms with E-state index in [1.165, 1.54) is 84.1 Å². The van der Waals surface area contributed by atoms with Gasteiger partial charge in [0.15, 0.2) is 0 Å². The number of fused-ring (bicyclic) bond motifs is 9. The van der Waals surface area contributed by atoms with Crippen molar-refractivity contribution in [3.05, 3.63) is 188 Å². The monoisotopic (exact) mass is 709 g/mol. The van der Waals surface area contributed by atoms with Crippen LogP contribution in [0.1, 0.15) is 0 Å². The molecule has 0 N–H and O–H groups in total. The van der Waals surface area contributed by atoms with E-state index in [0.29, 0.717) is 0 Å². The van der Waals surface area contributed by atoms with E-state index in [1.807, 2.05) is 22.7 Å². The minimum absolute atomic E-state index is 1.13. The minimum Gasteiger partial charge on any atom is -0.310 e. The molecule has 1 nitrogen and oxygen atoms in total. The van der Waals surface area contributed by atoms with Gasteiger partial charge in [-0.3, -0.25) is 0 Å². The summed E-state index contributed by atoms with van der Waals surface area (Å²) in [4.78, 5) is 2.43. The van der Waals surface area contributed by atoms with Gasteiger partial charge in [-0.05, 0) is 104 Å². The molecule has 53 heavy (non-hydrogen) atoms. The standard InChI is InChI=1S/C50H31NS2/c1-2-9-32(10-3-1)34-19-23-41-36(27-34)17-18-37-28-35(20-24-42(37)41)33-11-8-12-38(29-33)51(39-21-25-45-43-13-4-6-15-47(43)52-49(45)30-39)40-22-26-46-44-14-5-7-16-48(44)53-50(46)31-40/h1-31H. The van der Waals surface area contributed by atoms with Gasteiger partial charge < -0.3 is 4.90 Å². The van der Waals surface area contributed by atoms with Crippen LogP contribution in [0.25, 0.3) is 84.1 Å². The predicted octanol–water partition coefficient (Wildman–Crippen LogP) is 15.5. The summed E-state index contributed by atoms with van der Waals surface area (Å²) in [6.45, 7) is 0. The molecule has 11 rings (SSSR count). The Morgan fingerprint density at radius 3 is 1.32 bits per heavy atom. The molecule has 3 heteroatoms. The number of benzene rings is 9. The SMILES string of the molecule is c1ccc(-c2ccc3c(ccc4cc(-c5cccc(N(c6ccc7c(c6)sc6ccccc67)c6ccc7c(c6)sc6ccccc67)c5)ccc43)c2)cc1. The second-order valence-corrected chi connectivity index (χ2v) is 15.9. The van der Waals surface area contributed by atoms with E-state index in [4.69, 9.17) is 0 Å². The summed E-state index contributed by atoms with van der Waals surface area (Å²) < 4.78 is 5.23. The molecule has 9 aromatic carbocycles. The molecule has 0 saturated carbocycles. The topological polar surface area (TPSA) is 3.24 Å². The zero-order valence-corrected chi connectivity index (χ0v) is 30.3. The normalized spacial score (nSPS) is 11.8. The van der Waals surface area contributed by atoms with Crippen molar-refractivity contribution in [1.82, 2.24) is 0 Å². The Morgan fingerprint density at radius 2 is 0.717 bits per heavy atom. The fourth-order valence-corrected chi connectivity index (χ4v) is 10.3. The first kappa shape index (κ1) is 30.4. The lowest BCUT2D eigenvalue weighted by Gasteiger charge is -2.26. The van der Waals surface area contributed by atoms with Gasteiger partial charge in [0.2, 0.25) is 0 Å². The summed E-state index contributed by atoms with van der Waals surface area (Å²) in [5, 5.41) is 10.3. The Bertz CT molecular complexity index is 3070. The van der Waals surface area contributed by atoms with Crippen LogP contribution >= 0.6 is 22.7 Å². The Kier molecular flexibility index (Phi) is 6.97. The summed E-state index contributed by atoms with van der Waals surface area (Å²) in [5.74, 6) is 0. The summed E-state index contributed by atoms with van der Waals surface area (Å²) in [7, 11) is 0. The van der Waals surface area contributed by atoms with Crippen LogP contribution in [0.2, 0.25) is 0 Å². The summed E-state index contributed by atoms with van der Waals surface area (Å²) in [5.41, 5.74) is 8.33. The highest BCUT2D eigenvalue weighted by molar-refractivity contribution is 7.26. The van der Waals surface area contributed by atoms with Gasteiger partial charge in [-0.15, -0.1) is 22.7 Å². The van der Waals surface area contributed by atoms with Crippen LogP contribution in [0, 0.1) is 0 Å². The maximum atomic E-state index is 2.43. The quantitative estimate of drug-likeness (QED) is 0.161. The van der Waals surface area contributed by atoms with Crippen LogP contribution in [0.3, 0.4) is 0 Å². The molecule has 0 aliphatic carbocycles. The van der Waals surface area contributed by atoms with Gasteiger partial charge >= 0.3 is 0 Å². The van der Waals surface area contributed by atoms with E-state index in [-0.39, 0.29) is 0 Å². The maximum absolute atomic E-state index is 2.43. The lowest BCUT2D eigenvalue weighted by molar-refractivity contribution is 1.30. The maximum Gasteiger partial charge on any atom is 0.0476 e. The molecule has 0 saturated heterocycles. The van der Waals surface area contributed by atoms with Crippen molar-refractivity contribution in [1.29, 1.82) is 0 Å². The summed E-state index contributed by atoms with van der Waals surface area (Å²) in [6.07, 6.45) is 0. The van der Waals surface area contributed by atoms with Gasteiger partial charge in [-0.2, -0.15) is 0 Å². The highest BCUT2D eigenvalue weighted by Crippen LogP contribution is 2.44. The minimum atomic E-state index is 1.13. The van der Waals surface area contributed by atoms with Gasteiger partial charge in [0.05, 0.1) is 0 Å². The zero-order chi connectivity index (χ0) is 34.9. The van der Waals surface area contributed by atoms with E-state index in [2.05, 4.69) is 193 Å². The average molecular weight is 710 g/mol. The Hall–Kier alpha value is -6.26. The van der Waals surface area contributed by atoms with Gasteiger partial charge in [0.1, 0.15) is 0 Å². The molecule has 0 spiro atoms. The molecule has 0 bridgehead atoms. The van der Waals surface area contributed by atoms with E-state index in [0.717, 1.165) is 17.1 Å². The Labute approximate surface area is 315 Å². The third-order valence-corrected chi connectivity index (χ3v) is 12.9. The first-order valence-electron chi connectivity index (χ1n) is 18.0.